The molecule has 4 aliphatic rings. The van der Waals surface area contributed by atoms with Crippen LogP contribution in [0, 0.1) is 0 Å². The van der Waals surface area contributed by atoms with Crippen molar-refractivity contribution in [2.75, 3.05) is 69.6 Å². The van der Waals surface area contributed by atoms with Crippen LogP contribution in [0.15, 0.2) is 41.3 Å². The summed E-state index contributed by atoms with van der Waals surface area (Å²) in [4.78, 5) is 30.4. The first kappa shape index (κ1) is 27.1. The summed E-state index contributed by atoms with van der Waals surface area (Å²) in [6.07, 6.45) is 4.06. The number of rotatable bonds is 5. The van der Waals surface area contributed by atoms with E-state index in [0.717, 1.165) is 98.0 Å². The molecule has 0 spiro atoms. The number of benzene rings is 2. The lowest BCUT2D eigenvalue weighted by atomic mass is 9.96. The minimum atomic E-state index is -0.227. The molecule has 2 unspecified atom stereocenters. The van der Waals surface area contributed by atoms with E-state index in [2.05, 4.69) is 31.9 Å². The summed E-state index contributed by atoms with van der Waals surface area (Å²) in [6.45, 7) is 10.0. The SMILES string of the molecule is CCN1CCN(C[C@H]2COc3c(-c4cccc5cnc(N)cc45)c(Cl)cc4c(N5CC6CCC(C5)N6)nc(=O)n2c34)CC1. The molecular weight excluding hydrogens is 564 g/mol. The van der Waals surface area contributed by atoms with Gasteiger partial charge < -0.3 is 25.6 Å². The Labute approximate surface area is 255 Å². The molecule has 11 heteroatoms. The smallest absolute Gasteiger partial charge is 0.350 e. The third kappa shape index (κ3) is 4.63. The fourth-order valence-electron chi connectivity index (χ4n) is 7.65. The fourth-order valence-corrected chi connectivity index (χ4v) is 7.94. The van der Waals surface area contributed by atoms with Crippen molar-refractivity contribution >= 4 is 44.9 Å². The monoisotopic (exact) mass is 600 g/mol. The largest absolute Gasteiger partial charge is 0.488 e. The molecule has 6 heterocycles. The Morgan fingerprint density at radius 2 is 1.84 bits per heavy atom. The average molecular weight is 601 g/mol. The van der Waals surface area contributed by atoms with Crippen molar-refractivity contribution in [2.24, 2.45) is 0 Å². The predicted octanol–water partition coefficient (Wildman–Crippen LogP) is 3.36. The van der Waals surface area contributed by atoms with Crippen LogP contribution in [-0.2, 0) is 0 Å². The van der Waals surface area contributed by atoms with E-state index < -0.39 is 0 Å². The summed E-state index contributed by atoms with van der Waals surface area (Å²) in [5.74, 6) is 1.78. The first-order valence-corrected chi connectivity index (χ1v) is 15.9. The molecule has 4 aromatic rings. The van der Waals surface area contributed by atoms with E-state index in [1.165, 1.54) is 0 Å². The number of halogens is 1. The number of fused-ring (bicyclic) bond motifs is 3. The number of hydrogen-bond acceptors (Lipinski definition) is 9. The zero-order valence-electron chi connectivity index (χ0n) is 24.4. The summed E-state index contributed by atoms with van der Waals surface area (Å²) in [7, 11) is 0. The van der Waals surface area contributed by atoms with Crippen molar-refractivity contribution in [3.63, 3.8) is 0 Å². The zero-order valence-corrected chi connectivity index (χ0v) is 25.2. The van der Waals surface area contributed by atoms with Crippen molar-refractivity contribution in [1.29, 1.82) is 0 Å². The van der Waals surface area contributed by atoms with Gasteiger partial charge in [0.25, 0.3) is 0 Å². The summed E-state index contributed by atoms with van der Waals surface area (Å²) in [6, 6.07) is 10.6. The first-order chi connectivity index (χ1) is 21.0. The molecule has 8 rings (SSSR count). The molecule has 3 fully saturated rings. The minimum absolute atomic E-state index is 0.155. The normalized spacial score (nSPS) is 24.1. The fraction of sp³-hybridized carbons (Fsp3) is 0.469. The molecule has 0 saturated carbocycles. The number of anilines is 2. The van der Waals surface area contributed by atoms with E-state index in [-0.39, 0.29) is 11.7 Å². The second kappa shape index (κ2) is 10.6. The lowest BCUT2D eigenvalue weighted by Crippen LogP contribution is -2.52. The van der Waals surface area contributed by atoms with Gasteiger partial charge in [-0.25, -0.2) is 9.78 Å². The maximum Gasteiger partial charge on any atom is 0.350 e. The topological polar surface area (TPSA) is 105 Å². The number of nitrogens with two attached hydrogens (primary N) is 1. The van der Waals surface area contributed by atoms with E-state index in [1.807, 2.05) is 34.9 Å². The molecule has 3 atom stereocenters. The van der Waals surface area contributed by atoms with Gasteiger partial charge in [0, 0.05) is 80.4 Å². The quantitative estimate of drug-likeness (QED) is 0.357. The molecule has 224 valence electrons. The van der Waals surface area contributed by atoms with Crippen molar-refractivity contribution < 1.29 is 4.74 Å². The third-order valence-corrected chi connectivity index (χ3v) is 10.1. The van der Waals surface area contributed by atoms with Crippen molar-refractivity contribution in [3.05, 3.63) is 52.0 Å². The van der Waals surface area contributed by atoms with Crippen LogP contribution in [0.5, 0.6) is 5.75 Å². The van der Waals surface area contributed by atoms with E-state index in [0.29, 0.717) is 41.1 Å². The molecule has 10 nitrogen and oxygen atoms in total. The van der Waals surface area contributed by atoms with Gasteiger partial charge in [-0.1, -0.05) is 36.7 Å². The molecule has 43 heavy (non-hydrogen) atoms. The average Bonchev–Trinajstić information content (AvgIpc) is 3.36. The standard InChI is InChI=1S/C32H37ClN8O2/c1-2-38-8-10-39(11-9-38)17-22-18-43-30-28(23-5-3-4-19-14-35-27(34)13-24(19)23)26(33)12-25-29(30)41(22)32(42)37-31(25)40-15-20-6-7-21(16-40)36-20/h3-5,12-14,20-22,36H,2,6-11,15-18H2,1H3,(H2,34,35)/t20?,21?,22-/m0/s1. The Morgan fingerprint density at radius 3 is 2.60 bits per heavy atom. The number of likely N-dealkylation sites (N-methyl/N-ethyl adjacent to an activating group) is 1. The van der Waals surface area contributed by atoms with Gasteiger partial charge in [-0.3, -0.25) is 9.47 Å². The molecular formula is C32H37ClN8O2. The highest BCUT2D eigenvalue weighted by Gasteiger charge is 2.37. The molecule has 0 amide bonds. The van der Waals surface area contributed by atoms with Crippen molar-refractivity contribution in [2.45, 2.75) is 37.9 Å². The summed E-state index contributed by atoms with van der Waals surface area (Å²) in [5, 5.41) is 7.02. The summed E-state index contributed by atoms with van der Waals surface area (Å²) >= 11 is 7.19. The Bertz CT molecular complexity index is 1770. The Hall–Kier alpha value is -3.44. The molecule has 0 radical (unpaired) electrons. The maximum absolute atomic E-state index is 14.1. The zero-order chi connectivity index (χ0) is 29.2. The van der Waals surface area contributed by atoms with Crippen LogP contribution in [-0.4, -0.2) is 95.4 Å². The Kier molecular flexibility index (Phi) is 6.70. The lowest BCUT2D eigenvalue weighted by molar-refractivity contribution is 0.106. The summed E-state index contributed by atoms with van der Waals surface area (Å²) < 4.78 is 8.59. The van der Waals surface area contributed by atoms with Gasteiger partial charge in [-0.15, -0.1) is 0 Å². The van der Waals surface area contributed by atoms with Gasteiger partial charge in [0.1, 0.15) is 18.2 Å². The van der Waals surface area contributed by atoms with E-state index in [4.69, 9.17) is 27.1 Å². The number of ether oxygens (including phenoxy) is 1. The summed E-state index contributed by atoms with van der Waals surface area (Å²) in [5.41, 5.74) is 8.36. The molecule has 2 aromatic heterocycles. The second-order valence-electron chi connectivity index (χ2n) is 12.4. The number of piperazine rings is 2. The molecule has 0 aliphatic carbocycles. The highest BCUT2D eigenvalue weighted by Crippen LogP contribution is 2.48. The number of nitrogens with one attached hydrogen (secondary N) is 1. The van der Waals surface area contributed by atoms with Crippen LogP contribution in [0.25, 0.3) is 32.8 Å². The van der Waals surface area contributed by atoms with Gasteiger partial charge in [0.15, 0.2) is 5.75 Å². The van der Waals surface area contributed by atoms with Crippen molar-refractivity contribution in [1.82, 2.24) is 29.7 Å². The maximum atomic E-state index is 14.1. The minimum Gasteiger partial charge on any atom is -0.488 e. The highest BCUT2D eigenvalue weighted by molar-refractivity contribution is 6.35. The van der Waals surface area contributed by atoms with Crippen LogP contribution in [0.4, 0.5) is 11.6 Å². The van der Waals surface area contributed by atoms with Gasteiger partial charge in [-0.2, -0.15) is 4.98 Å². The van der Waals surface area contributed by atoms with E-state index >= 15 is 0 Å². The van der Waals surface area contributed by atoms with Gasteiger partial charge >= 0.3 is 5.69 Å². The van der Waals surface area contributed by atoms with Crippen LogP contribution in [0.1, 0.15) is 25.8 Å². The highest BCUT2D eigenvalue weighted by atomic mass is 35.5. The van der Waals surface area contributed by atoms with Gasteiger partial charge in [0.2, 0.25) is 0 Å². The van der Waals surface area contributed by atoms with Crippen molar-refractivity contribution in [3.8, 4) is 16.9 Å². The first-order valence-electron chi connectivity index (χ1n) is 15.5. The third-order valence-electron chi connectivity index (χ3n) is 9.83. The molecule has 2 aromatic carbocycles. The molecule has 3 saturated heterocycles. The van der Waals surface area contributed by atoms with Crippen LogP contribution in [0.3, 0.4) is 0 Å². The van der Waals surface area contributed by atoms with E-state index in [9.17, 15) is 4.79 Å². The molecule has 4 aliphatic heterocycles. The van der Waals surface area contributed by atoms with Crippen LogP contribution >= 0.6 is 11.6 Å². The van der Waals surface area contributed by atoms with Gasteiger partial charge in [-0.05, 0) is 42.5 Å². The van der Waals surface area contributed by atoms with Crippen LogP contribution in [0.2, 0.25) is 5.02 Å². The lowest BCUT2D eigenvalue weighted by Gasteiger charge is -2.39. The van der Waals surface area contributed by atoms with Crippen LogP contribution < -0.4 is 26.4 Å². The predicted molar refractivity (Wildman–Crippen MR) is 171 cm³/mol. The number of nitrogens with zero attached hydrogens (tertiary/aromatic N) is 6. The number of nitrogen functional groups attached to an aromatic ring is 1. The Morgan fingerprint density at radius 1 is 1.07 bits per heavy atom. The number of hydrogen-bond donors (Lipinski definition) is 2. The Balaban J connectivity index is 1.32. The van der Waals surface area contributed by atoms with Gasteiger partial charge in [0.05, 0.1) is 16.6 Å². The number of pyridine rings is 1. The number of aromatic nitrogens is 3. The molecule has 3 N–H and O–H groups in total. The van der Waals surface area contributed by atoms with E-state index in [1.54, 1.807) is 6.20 Å². The second-order valence-corrected chi connectivity index (χ2v) is 12.8. The molecule has 2 bridgehead atoms.